The highest BCUT2D eigenvalue weighted by Gasteiger charge is 2.33. The molecule has 126 valence electrons. The molecule has 1 rings (SSSR count). The van der Waals surface area contributed by atoms with E-state index in [-0.39, 0.29) is 0 Å². The second-order valence-corrected chi connectivity index (χ2v) is 6.50. The first-order valence-corrected chi connectivity index (χ1v) is 8.67. The summed E-state index contributed by atoms with van der Waals surface area (Å²) in [6, 6.07) is 0. The van der Waals surface area contributed by atoms with Gasteiger partial charge in [-0.1, -0.05) is 26.2 Å². The van der Waals surface area contributed by atoms with Crippen LogP contribution in [-0.2, 0) is 9.47 Å². The molecule has 1 N–H and O–H groups in total. The minimum atomic E-state index is 0.453. The van der Waals surface area contributed by atoms with E-state index in [0.29, 0.717) is 5.41 Å². The Morgan fingerprint density at radius 1 is 1.00 bits per heavy atom. The fourth-order valence-corrected chi connectivity index (χ4v) is 3.41. The molecule has 0 aromatic heterocycles. The maximum Gasteiger partial charge on any atom is 0.0589 e. The van der Waals surface area contributed by atoms with Gasteiger partial charge in [0.1, 0.15) is 0 Å². The van der Waals surface area contributed by atoms with Crippen LogP contribution in [0.5, 0.6) is 0 Å². The lowest BCUT2D eigenvalue weighted by Gasteiger charge is -2.41. The normalized spacial score (nSPS) is 18.3. The third-order valence-electron chi connectivity index (χ3n) is 4.62. The topological polar surface area (TPSA) is 33.7 Å². The van der Waals surface area contributed by atoms with E-state index in [0.717, 1.165) is 39.4 Å². The Labute approximate surface area is 131 Å². The average molecular weight is 300 g/mol. The van der Waals surface area contributed by atoms with E-state index in [2.05, 4.69) is 17.1 Å². The number of methoxy groups -OCH3 is 2. The van der Waals surface area contributed by atoms with Crippen LogP contribution in [0.1, 0.15) is 45.4 Å². The largest absolute Gasteiger partial charge is 0.383 e. The Hall–Kier alpha value is -0.160. The molecule has 4 nitrogen and oxygen atoms in total. The van der Waals surface area contributed by atoms with Crippen LogP contribution in [-0.4, -0.2) is 65.1 Å². The van der Waals surface area contributed by atoms with Crippen LogP contribution in [0.25, 0.3) is 0 Å². The van der Waals surface area contributed by atoms with Crippen molar-refractivity contribution in [2.24, 2.45) is 5.41 Å². The van der Waals surface area contributed by atoms with Gasteiger partial charge < -0.3 is 14.8 Å². The molecule has 1 saturated carbocycles. The Balaban J connectivity index is 2.56. The zero-order chi connectivity index (χ0) is 15.4. The van der Waals surface area contributed by atoms with Crippen LogP contribution in [0.2, 0.25) is 0 Å². The first kappa shape index (κ1) is 18.9. The first-order chi connectivity index (χ1) is 10.3. The predicted molar refractivity (Wildman–Crippen MR) is 88.9 cm³/mol. The molecule has 0 radical (unpaired) electrons. The average Bonchev–Trinajstić information content (AvgIpc) is 2.51. The van der Waals surface area contributed by atoms with Crippen molar-refractivity contribution >= 4 is 0 Å². The number of hydrogen-bond donors (Lipinski definition) is 1. The Morgan fingerprint density at radius 3 is 2.14 bits per heavy atom. The second-order valence-electron chi connectivity index (χ2n) is 6.50. The highest BCUT2D eigenvalue weighted by atomic mass is 16.5. The van der Waals surface area contributed by atoms with Crippen molar-refractivity contribution in [2.75, 3.05) is 60.2 Å². The molecule has 0 spiro atoms. The summed E-state index contributed by atoms with van der Waals surface area (Å²) >= 11 is 0. The summed E-state index contributed by atoms with van der Waals surface area (Å²) in [7, 11) is 3.57. The molecule has 0 aromatic carbocycles. The Kier molecular flexibility index (Phi) is 10.3. The summed E-state index contributed by atoms with van der Waals surface area (Å²) in [5.74, 6) is 0. The molecule has 0 aliphatic heterocycles. The lowest BCUT2D eigenvalue weighted by Crippen LogP contribution is -2.47. The zero-order valence-corrected chi connectivity index (χ0v) is 14.5. The summed E-state index contributed by atoms with van der Waals surface area (Å²) in [4.78, 5) is 2.53. The first-order valence-electron chi connectivity index (χ1n) is 8.67. The molecule has 0 heterocycles. The third kappa shape index (κ3) is 7.59. The van der Waals surface area contributed by atoms with Crippen molar-refractivity contribution in [3.8, 4) is 0 Å². The van der Waals surface area contributed by atoms with Crippen molar-refractivity contribution in [1.29, 1.82) is 0 Å². The molecule has 1 aliphatic carbocycles. The van der Waals surface area contributed by atoms with E-state index < -0.39 is 0 Å². The van der Waals surface area contributed by atoms with E-state index in [1.807, 2.05) is 0 Å². The minimum Gasteiger partial charge on any atom is -0.383 e. The lowest BCUT2D eigenvalue weighted by molar-refractivity contribution is 0.0603. The van der Waals surface area contributed by atoms with Crippen LogP contribution in [0.4, 0.5) is 0 Å². The van der Waals surface area contributed by atoms with E-state index in [1.54, 1.807) is 14.2 Å². The van der Waals surface area contributed by atoms with Gasteiger partial charge in [-0.15, -0.1) is 0 Å². The number of hydrogen-bond acceptors (Lipinski definition) is 4. The zero-order valence-electron chi connectivity index (χ0n) is 14.5. The van der Waals surface area contributed by atoms with Gasteiger partial charge in [0.15, 0.2) is 0 Å². The quantitative estimate of drug-likeness (QED) is 0.562. The molecular formula is C17H36N2O2. The lowest BCUT2D eigenvalue weighted by atomic mass is 9.73. The van der Waals surface area contributed by atoms with Crippen molar-refractivity contribution in [1.82, 2.24) is 10.2 Å². The summed E-state index contributed by atoms with van der Waals surface area (Å²) < 4.78 is 10.5. The van der Waals surface area contributed by atoms with Gasteiger partial charge in [0.25, 0.3) is 0 Å². The van der Waals surface area contributed by atoms with Gasteiger partial charge in [-0.05, 0) is 31.2 Å². The fraction of sp³-hybridized carbons (Fsp3) is 1.00. The number of ether oxygens (including phenoxy) is 2. The fourth-order valence-electron chi connectivity index (χ4n) is 3.41. The standard InChI is InChI=1S/C17H36N2O2/c1-4-10-18-15-17(8-6-5-7-9-17)16-19(11-13-20-2)12-14-21-3/h18H,4-16H2,1-3H3. The van der Waals surface area contributed by atoms with Crippen LogP contribution in [0, 0.1) is 5.41 Å². The van der Waals surface area contributed by atoms with Gasteiger partial charge in [-0.2, -0.15) is 0 Å². The summed E-state index contributed by atoms with van der Waals surface area (Å²) in [6.45, 7) is 9.35. The van der Waals surface area contributed by atoms with Crippen molar-refractivity contribution in [3.05, 3.63) is 0 Å². The minimum absolute atomic E-state index is 0.453. The van der Waals surface area contributed by atoms with Crippen molar-refractivity contribution in [2.45, 2.75) is 45.4 Å². The molecule has 4 heteroatoms. The van der Waals surface area contributed by atoms with Gasteiger partial charge in [-0.3, -0.25) is 4.90 Å². The molecular weight excluding hydrogens is 264 g/mol. The van der Waals surface area contributed by atoms with Crippen molar-refractivity contribution in [3.63, 3.8) is 0 Å². The molecule has 0 saturated heterocycles. The van der Waals surface area contributed by atoms with Crippen LogP contribution in [0.3, 0.4) is 0 Å². The van der Waals surface area contributed by atoms with Gasteiger partial charge >= 0.3 is 0 Å². The van der Waals surface area contributed by atoms with Crippen molar-refractivity contribution < 1.29 is 9.47 Å². The van der Waals surface area contributed by atoms with Gasteiger partial charge in [0, 0.05) is 40.4 Å². The smallest absolute Gasteiger partial charge is 0.0589 e. The maximum atomic E-state index is 5.27. The van der Waals surface area contributed by atoms with Gasteiger partial charge in [0.05, 0.1) is 13.2 Å². The Bertz CT molecular complexity index is 235. The highest BCUT2D eigenvalue weighted by Crippen LogP contribution is 2.36. The summed E-state index contributed by atoms with van der Waals surface area (Å²) in [5, 5.41) is 3.67. The van der Waals surface area contributed by atoms with Gasteiger partial charge in [-0.25, -0.2) is 0 Å². The molecule has 21 heavy (non-hydrogen) atoms. The van der Waals surface area contributed by atoms with E-state index in [1.165, 1.54) is 45.1 Å². The summed E-state index contributed by atoms with van der Waals surface area (Å²) in [5.41, 5.74) is 0.453. The van der Waals surface area contributed by atoms with Crippen LogP contribution in [0.15, 0.2) is 0 Å². The second kappa shape index (κ2) is 11.4. The molecule has 1 fully saturated rings. The number of rotatable bonds is 12. The van der Waals surface area contributed by atoms with E-state index in [4.69, 9.17) is 9.47 Å². The maximum absolute atomic E-state index is 5.27. The molecule has 1 aliphatic rings. The highest BCUT2D eigenvalue weighted by molar-refractivity contribution is 4.88. The number of nitrogens with zero attached hydrogens (tertiary/aromatic N) is 1. The Morgan fingerprint density at radius 2 is 1.62 bits per heavy atom. The van der Waals surface area contributed by atoms with Crippen LogP contribution >= 0.6 is 0 Å². The molecule has 0 aromatic rings. The number of nitrogens with one attached hydrogen (secondary N) is 1. The third-order valence-corrected chi connectivity index (χ3v) is 4.62. The van der Waals surface area contributed by atoms with E-state index >= 15 is 0 Å². The monoisotopic (exact) mass is 300 g/mol. The van der Waals surface area contributed by atoms with E-state index in [9.17, 15) is 0 Å². The molecule has 0 amide bonds. The summed E-state index contributed by atoms with van der Waals surface area (Å²) in [6.07, 6.45) is 8.12. The molecule has 0 bridgehead atoms. The molecule has 0 unspecified atom stereocenters. The molecule has 0 atom stereocenters. The van der Waals surface area contributed by atoms with Gasteiger partial charge in [0.2, 0.25) is 0 Å². The predicted octanol–water partition coefficient (Wildman–Crippen LogP) is 2.53. The SMILES string of the molecule is CCCNCC1(CN(CCOC)CCOC)CCCCC1. The van der Waals surface area contributed by atoms with Crippen LogP contribution < -0.4 is 5.32 Å².